The molecule has 0 aliphatic carbocycles. The molecule has 112 heavy (non-hydrogen) atoms. The molecule has 0 bridgehead atoms. The molecule has 0 unspecified atom stereocenters. The number of benzene rings is 7. The summed E-state index contributed by atoms with van der Waals surface area (Å²) in [5.74, 6) is -0.947. The summed E-state index contributed by atoms with van der Waals surface area (Å²) in [6.07, 6.45) is 6.98. The van der Waals surface area contributed by atoms with Gasteiger partial charge in [-0.05, 0) is 108 Å². The van der Waals surface area contributed by atoms with Crippen LogP contribution in [-0.4, -0.2) is 132 Å². The van der Waals surface area contributed by atoms with Crippen molar-refractivity contribution in [3.63, 3.8) is 0 Å². The molecule has 5 heterocycles. The number of fused-ring (bicyclic) bond motifs is 2. The number of urea groups is 2. The van der Waals surface area contributed by atoms with E-state index in [1.165, 1.54) is 46.9 Å². The van der Waals surface area contributed by atoms with Crippen LogP contribution in [-0.2, 0) is 71.1 Å². The van der Waals surface area contributed by atoms with Crippen LogP contribution >= 0.6 is 0 Å². The van der Waals surface area contributed by atoms with Crippen molar-refractivity contribution in [2.75, 3.05) is 4.90 Å². The molecule has 8 amide bonds. The lowest BCUT2D eigenvalue weighted by atomic mass is 10.00. The maximum absolute atomic E-state index is 12.8. The predicted molar refractivity (Wildman–Crippen MR) is 421 cm³/mol. The fourth-order valence-corrected chi connectivity index (χ4v) is 11.7. The van der Waals surface area contributed by atoms with Gasteiger partial charge in [-0.2, -0.15) is 4.68 Å². The molecule has 1 aliphatic heterocycles. The van der Waals surface area contributed by atoms with E-state index in [4.69, 9.17) is 5.11 Å². The van der Waals surface area contributed by atoms with E-state index in [-0.39, 0.29) is 82.5 Å². The van der Waals surface area contributed by atoms with E-state index in [9.17, 15) is 72.2 Å². The number of aromatic nitrogens is 8. The summed E-state index contributed by atoms with van der Waals surface area (Å²) < 4.78 is 4.13. The van der Waals surface area contributed by atoms with Gasteiger partial charge in [0.1, 0.15) is 17.2 Å². The predicted octanol–water partition coefficient (Wildman–Crippen LogP) is 8.92. The van der Waals surface area contributed by atoms with Crippen molar-refractivity contribution in [2.45, 2.75) is 131 Å². The highest BCUT2D eigenvalue weighted by atomic mass is 16.3. The maximum Gasteiger partial charge on any atom is 0.375 e. The van der Waals surface area contributed by atoms with E-state index in [1.54, 1.807) is 129 Å². The molecule has 0 saturated carbocycles. The van der Waals surface area contributed by atoms with Crippen LogP contribution in [0.3, 0.4) is 0 Å². The van der Waals surface area contributed by atoms with E-state index >= 15 is 0 Å². The Labute approximate surface area is 641 Å². The Bertz CT molecular complexity index is 5270. The zero-order chi connectivity index (χ0) is 81.7. The third kappa shape index (κ3) is 24.0. The lowest BCUT2D eigenvalue weighted by molar-refractivity contribution is -0.126. The Balaban J connectivity index is 0.000000191. The summed E-state index contributed by atoms with van der Waals surface area (Å²) in [6.45, 7) is 12.7. The van der Waals surface area contributed by atoms with Crippen LogP contribution in [0.2, 0.25) is 0 Å². The van der Waals surface area contributed by atoms with Crippen molar-refractivity contribution in [2.24, 2.45) is 17.3 Å². The number of aromatic hydroxyl groups is 2. The van der Waals surface area contributed by atoms with Gasteiger partial charge >= 0.3 is 34.8 Å². The Hall–Kier alpha value is -14.0. The Morgan fingerprint density at radius 2 is 0.759 bits per heavy atom. The van der Waals surface area contributed by atoms with E-state index in [0.29, 0.717) is 61.2 Å². The highest BCUT2D eigenvalue weighted by molar-refractivity contribution is 6.17. The topological polar surface area (TPSA) is 438 Å². The molecular weight excluding hydrogens is 1440 g/mol. The molecule has 0 radical (unpaired) electrons. The van der Waals surface area contributed by atoms with Crippen molar-refractivity contribution in [1.82, 2.24) is 59.9 Å². The third-order valence-corrected chi connectivity index (χ3v) is 17.1. The summed E-state index contributed by atoms with van der Waals surface area (Å²) in [5, 5.41) is 43.5. The molecular formula is C81H89N15O16. The number of rotatable bonds is 24. The van der Waals surface area contributed by atoms with Crippen molar-refractivity contribution < 1.29 is 58.2 Å². The Kier molecular flexibility index (Phi) is 31.5. The number of amides is 8. The lowest BCUT2D eigenvalue weighted by Crippen LogP contribution is -2.41. The van der Waals surface area contributed by atoms with Gasteiger partial charge in [-0.25, -0.2) is 57.7 Å². The minimum absolute atomic E-state index is 0.00766. The van der Waals surface area contributed by atoms with Crippen LogP contribution in [0, 0.1) is 0 Å². The Morgan fingerprint density at radius 1 is 0.411 bits per heavy atom. The molecule has 31 heteroatoms. The third-order valence-electron chi connectivity index (χ3n) is 17.1. The highest BCUT2D eigenvalue weighted by Crippen LogP contribution is 2.25. The Morgan fingerprint density at radius 3 is 1.14 bits per heavy atom. The summed E-state index contributed by atoms with van der Waals surface area (Å²) in [6, 6.07) is 49.3. The van der Waals surface area contributed by atoms with Crippen LogP contribution in [0.15, 0.2) is 224 Å². The first kappa shape index (κ1) is 85.3. The van der Waals surface area contributed by atoms with Crippen molar-refractivity contribution in [1.29, 1.82) is 0 Å². The quantitative estimate of drug-likeness (QED) is 0.0270. The summed E-state index contributed by atoms with van der Waals surface area (Å²) in [4.78, 5) is 170. The number of carbonyl (C=O) groups is 10. The smallest absolute Gasteiger partial charge is 0.375 e. The molecule has 10 N–H and O–H groups in total. The van der Waals surface area contributed by atoms with Crippen LogP contribution in [0.1, 0.15) is 103 Å². The molecule has 12 rings (SSSR count). The number of ketones is 4. The minimum atomic E-state index is -0.727. The van der Waals surface area contributed by atoms with Gasteiger partial charge in [-0.15, -0.1) is 0 Å². The van der Waals surface area contributed by atoms with Crippen LogP contribution < -0.4 is 48.9 Å². The number of aromatic amines is 4. The largest absolute Gasteiger partial charge is 0.508 e. The van der Waals surface area contributed by atoms with Gasteiger partial charge in [0, 0.05) is 107 Å². The second kappa shape index (κ2) is 41.4. The zero-order valence-corrected chi connectivity index (χ0v) is 63.2. The van der Waals surface area contributed by atoms with Gasteiger partial charge in [0.15, 0.2) is 23.1 Å². The zero-order valence-electron chi connectivity index (χ0n) is 63.2. The number of carbonyl (C=O) groups excluding carboxylic acids is 10. The average molecular weight is 1530 g/mol. The fourth-order valence-electron chi connectivity index (χ4n) is 11.7. The number of phenolic OH excluding ortho intramolecular Hbond substituents is 2. The number of hydrogen-bond donors (Lipinski definition) is 10. The van der Waals surface area contributed by atoms with Crippen molar-refractivity contribution in [3.8, 4) is 28.6 Å². The van der Waals surface area contributed by atoms with Gasteiger partial charge in [0.2, 0.25) is 23.6 Å². The molecule has 11 aromatic rings. The summed E-state index contributed by atoms with van der Waals surface area (Å²) >= 11 is 0. The molecule has 0 spiro atoms. The first-order valence-electron chi connectivity index (χ1n) is 35.7. The van der Waals surface area contributed by atoms with Gasteiger partial charge in [-0.3, -0.25) is 38.4 Å². The molecule has 584 valence electrons. The first-order chi connectivity index (χ1) is 53.5. The van der Waals surface area contributed by atoms with Gasteiger partial charge in [-0.1, -0.05) is 147 Å². The monoisotopic (exact) mass is 1530 g/mol. The van der Waals surface area contributed by atoms with Gasteiger partial charge in [0.25, 0.3) is 0 Å². The number of para-hydroxylation sites is 5. The summed E-state index contributed by atoms with van der Waals surface area (Å²) in [7, 11) is 1.50. The highest BCUT2D eigenvalue weighted by Gasteiger charge is 2.29. The average Bonchev–Trinajstić information content (AvgIpc) is 1.61. The number of nitrogens with zero attached hydrogens (tertiary/aromatic N) is 7. The normalized spacial score (nSPS) is 12.2. The number of hydrogen-bond acceptors (Lipinski definition) is 16. The van der Waals surface area contributed by atoms with E-state index in [1.807, 2.05) is 80.8 Å². The van der Waals surface area contributed by atoms with Crippen LogP contribution in [0.4, 0.5) is 15.3 Å². The molecule has 4 atom stereocenters. The number of H-pyrrole nitrogens is 4. The number of azo groups is 1. The molecule has 31 nitrogen and oxygen atoms in total. The number of nitrogens with one attached hydrogen (secondary N) is 8. The molecule has 4 aromatic heterocycles. The first-order valence-corrected chi connectivity index (χ1v) is 35.7. The molecule has 0 fully saturated rings. The van der Waals surface area contributed by atoms with Crippen LogP contribution in [0.25, 0.3) is 38.9 Å². The molecule has 0 saturated heterocycles. The van der Waals surface area contributed by atoms with E-state index in [0.717, 1.165) is 61.9 Å². The van der Waals surface area contributed by atoms with Crippen molar-refractivity contribution >= 4 is 86.3 Å². The minimum Gasteiger partial charge on any atom is -0.508 e. The number of aryl methyl sites for hydroxylation is 1. The van der Waals surface area contributed by atoms with Crippen LogP contribution in [0.5, 0.6) is 11.5 Å². The van der Waals surface area contributed by atoms with Gasteiger partial charge < -0.3 is 41.4 Å². The van der Waals surface area contributed by atoms with Crippen molar-refractivity contribution in [3.05, 3.63) is 259 Å². The SMILES string of the molecule is CCC(=O)[C@H](Cc1c[nH]c2ccccc12)NC(C)=O.CCC(=O)[C@H](Cc1c[nH]c2ccccc12)NC(C)=O.CCC(=O)[C@H](Cc1ccc(O)c(-n2[nH]c(=O)n(-c3ccccc3)c2=O)c1)NC(C)=O.CCC(=O)[C@H](Cc1ccc(O)cc1)NC(C)=O.Cn1[nH]c(=O)n(-c2ccccc2)c1=O.O=C1N=NC(=O)N1c1ccccc1. The lowest BCUT2D eigenvalue weighted by Gasteiger charge is -2.17. The standard InChI is InChI=1S/C21H22N4O5.2C15H18N2O2.C13H17NO3.C9H9N3O2.C8H5N3O2/c1-3-18(27)16(22-13(2)26)11-14-9-10-19(28)17(12-14)25-21(30)24(20(29)23-25)15-7-5-4-6-8-15;2*1-3-15(19)14(17-10(2)18)8-11-9-16-13-7-5-4-6-12(11)13;1-3-13(17)12(14-9(2)15)8-10-4-6-11(16)7-5-10;1-11-9(14)12(8(13)10-11)7-5-3-2-4-6-7;12-7-9-10-8(13)11(7)6-4-2-1-3-5-6/h4-10,12,16,28H,3,11H2,1-2H3,(H,22,26)(H,23,29);2*4-7,9,14,16H,3,8H2,1-2H3,(H,17,18);4-7,12,16H,3,8H2,1-2H3,(H,14,15);2-6H,1H3,(H,10,13);1-5H/t16-;2*14-;12-;;/m0000../s1. The maximum atomic E-state index is 12.8. The molecule has 7 aromatic carbocycles. The van der Waals surface area contributed by atoms with Gasteiger partial charge in [0.05, 0.1) is 41.2 Å². The number of Topliss-reactive ketones (excluding diaryl/α,β-unsaturated/α-hetero) is 4. The fraction of sp³-hybridized carbons (Fsp3) is 0.259. The van der Waals surface area contributed by atoms with E-state index in [2.05, 4.69) is 51.7 Å². The van der Waals surface area contributed by atoms with E-state index < -0.39 is 53.3 Å². The second-order valence-electron chi connectivity index (χ2n) is 25.4. The number of phenols is 2. The number of imide groups is 1. The number of anilines is 1. The second-order valence-corrected chi connectivity index (χ2v) is 25.4. The summed E-state index contributed by atoms with van der Waals surface area (Å²) in [5.41, 5.74) is 5.07. The molecule has 1 aliphatic rings.